The topological polar surface area (TPSA) is 93.7 Å². The lowest BCUT2D eigenvalue weighted by Crippen LogP contribution is -2.28. The lowest BCUT2D eigenvalue weighted by Gasteiger charge is -2.05. The highest BCUT2D eigenvalue weighted by Gasteiger charge is 2.07. The molecule has 0 unspecified atom stereocenters. The van der Waals surface area contributed by atoms with Crippen molar-refractivity contribution in [1.82, 2.24) is 0 Å². The number of para-hydroxylation sites is 1. The van der Waals surface area contributed by atoms with E-state index in [1.165, 1.54) is 23.0 Å². The Morgan fingerprint density at radius 2 is 1.66 bits per heavy atom. The summed E-state index contributed by atoms with van der Waals surface area (Å²) in [6.07, 6.45) is 3.91. The highest BCUT2D eigenvalue weighted by molar-refractivity contribution is 7.85. The Bertz CT molecular complexity index is 1380. The fourth-order valence-corrected chi connectivity index (χ4v) is 3.60. The van der Waals surface area contributed by atoms with Crippen molar-refractivity contribution in [2.45, 2.75) is 18.7 Å². The minimum absolute atomic E-state index is 0.178. The van der Waals surface area contributed by atoms with Crippen molar-refractivity contribution in [1.29, 1.82) is 0 Å². The number of aromatic nitrogens is 1. The van der Waals surface area contributed by atoms with E-state index in [0.717, 1.165) is 22.4 Å². The summed E-state index contributed by atoms with van der Waals surface area (Å²) in [6, 6.07) is 21.3. The van der Waals surface area contributed by atoms with Gasteiger partial charge in [-0.3, -0.25) is 4.99 Å². The maximum atomic E-state index is 10.4. The summed E-state index contributed by atoms with van der Waals surface area (Å²) >= 11 is 0. The molecule has 0 spiro atoms. The first-order chi connectivity index (χ1) is 15.1. The maximum Gasteiger partial charge on any atom is 0.212 e. The summed E-state index contributed by atoms with van der Waals surface area (Å²) in [4.78, 5) is 4.37. The number of rotatable bonds is 3. The first kappa shape index (κ1) is 23.1. The van der Waals surface area contributed by atoms with Gasteiger partial charge in [0.2, 0.25) is 5.52 Å². The van der Waals surface area contributed by atoms with Gasteiger partial charge in [-0.15, -0.1) is 0 Å². The molecule has 0 fully saturated rings. The third-order valence-electron chi connectivity index (χ3n) is 4.91. The summed E-state index contributed by atoms with van der Waals surface area (Å²) < 4.78 is 33.3. The molecule has 1 heterocycles. The number of aliphatic imine (C=N–C) groups is 1. The molecule has 1 aromatic heterocycles. The van der Waals surface area contributed by atoms with Crippen molar-refractivity contribution in [2.24, 2.45) is 12.0 Å². The van der Waals surface area contributed by atoms with Crippen LogP contribution < -0.4 is 4.57 Å². The second-order valence-electron chi connectivity index (χ2n) is 7.40. The molecule has 0 amide bonds. The number of phenolic OH excluding ortho intramolecular Hbond substituents is 1. The molecule has 0 radical (unpaired) electrons. The third-order valence-corrected chi connectivity index (χ3v) is 5.76. The van der Waals surface area contributed by atoms with E-state index >= 15 is 0 Å². The van der Waals surface area contributed by atoms with Crippen LogP contribution in [0.2, 0.25) is 0 Å². The molecule has 0 aliphatic rings. The Labute approximate surface area is 187 Å². The molecule has 1 N–H and O–H groups in total. The average Bonchev–Trinajstić information content (AvgIpc) is 2.75. The van der Waals surface area contributed by atoms with E-state index in [9.17, 15) is 18.1 Å². The summed E-state index contributed by atoms with van der Waals surface area (Å²) in [6.45, 7) is 3.76. The van der Waals surface area contributed by atoms with Crippen LogP contribution in [0.1, 0.15) is 16.7 Å². The molecule has 4 rings (SSSR count). The van der Waals surface area contributed by atoms with Crippen LogP contribution >= 0.6 is 0 Å². The van der Waals surface area contributed by atoms with E-state index in [1.54, 1.807) is 24.3 Å². The molecule has 7 heteroatoms. The van der Waals surface area contributed by atoms with Gasteiger partial charge in [-0.1, -0.05) is 29.8 Å². The molecule has 6 nitrogen and oxygen atoms in total. The van der Waals surface area contributed by atoms with Gasteiger partial charge in [0.05, 0.1) is 16.0 Å². The summed E-state index contributed by atoms with van der Waals surface area (Å²) in [5.41, 5.74) is 5.00. The fraction of sp³-hybridized carbons (Fsp3) is 0.120. The van der Waals surface area contributed by atoms with Crippen LogP contribution in [-0.4, -0.2) is 24.3 Å². The monoisotopic (exact) mass is 448 g/mol. The largest absolute Gasteiger partial charge is 0.744 e. The number of hydrogen-bond acceptors (Lipinski definition) is 5. The van der Waals surface area contributed by atoms with Crippen molar-refractivity contribution in [3.05, 3.63) is 95.7 Å². The SMILES string of the molecule is Cc1cc(O)ccc1N=Cc1cc[n+](C)c2ccccc12.Cc1ccc(S(=O)(=O)[O-])cc1. The number of phenols is 1. The van der Waals surface area contributed by atoms with Crippen molar-refractivity contribution < 1.29 is 22.6 Å². The number of nitrogens with zero attached hydrogens (tertiary/aromatic N) is 2. The second-order valence-corrected chi connectivity index (χ2v) is 8.77. The molecular weight excluding hydrogens is 424 g/mol. The van der Waals surface area contributed by atoms with Crippen molar-refractivity contribution in [3.63, 3.8) is 0 Å². The van der Waals surface area contributed by atoms with Gasteiger partial charge < -0.3 is 9.66 Å². The van der Waals surface area contributed by atoms with Gasteiger partial charge in [-0.25, -0.2) is 13.0 Å². The molecule has 164 valence electrons. The van der Waals surface area contributed by atoms with Crippen LogP contribution in [0.4, 0.5) is 5.69 Å². The zero-order valence-corrected chi connectivity index (χ0v) is 18.9. The summed E-state index contributed by atoms with van der Waals surface area (Å²) in [7, 11) is -2.23. The van der Waals surface area contributed by atoms with Crippen LogP contribution in [0.3, 0.4) is 0 Å². The number of aryl methyl sites for hydroxylation is 3. The van der Waals surface area contributed by atoms with Crippen molar-refractivity contribution >= 4 is 32.9 Å². The minimum Gasteiger partial charge on any atom is -0.744 e. The number of fused-ring (bicyclic) bond motifs is 1. The molecule has 32 heavy (non-hydrogen) atoms. The second kappa shape index (κ2) is 9.72. The van der Waals surface area contributed by atoms with E-state index in [-0.39, 0.29) is 10.6 Å². The fourth-order valence-electron chi connectivity index (χ4n) is 3.13. The van der Waals surface area contributed by atoms with Crippen LogP contribution in [0, 0.1) is 13.8 Å². The quantitative estimate of drug-likeness (QED) is 0.287. The molecule has 3 aromatic carbocycles. The molecule has 0 saturated heterocycles. The maximum absolute atomic E-state index is 10.4. The Morgan fingerprint density at radius 3 is 2.31 bits per heavy atom. The van der Waals surface area contributed by atoms with Gasteiger partial charge in [-0.05, 0) is 55.8 Å². The van der Waals surface area contributed by atoms with Crippen LogP contribution in [0.25, 0.3) is 10.9 Å². The molecule has 0 bridgehead atoms. The van der Waals surface area contributed by atoms with E-state index in [2.05, 4.69) is 27.8 Å². The van der Waals surface area contributed by atoms with Gasteiger partial charge in [0.1, 0.15) is 22.9 Å². The summed E-state index contributed by atoms with van der Waals surface area (Å²) in [5, 5.41) is 10.6. The van der Waals surface area contributed by atoms with E-state index in [1.807, 2.05) is 51.5 Å². The average molecular weight is 449 g/mol. The predicted molar refractivity (Wildman–Crippen MR) is 124 cm³/mol. The Morgan fingerprint density at radius 1 is 0.969 bits per heavy atom. The minimum atomic E-state index is -4.27. The lowest BCUT2D eigenvalue weighted by molar-refractivity contribution is -0.644. The van der Waals surface area contributed by atoms with Crippen LogP contribution in [0.5, 0.6) is 5.75 Å². The zero-order chi connectivity index (χ0) is 23.3. The number of aromatic hydroxyl groups is 1. The van der Waals surface area contributed by atoms with Gasteiger partial charge in [-0.2, -0.15) is 0 Å². The zero-order valence-electron chi connectivity index (χ0n) is 18.1. The third kappa shape index (κ3) is 5.78. The lowest BCUT2D eigenvalue weighted by atomic mass is 10.1. The molecule has 0 saturated carbocycles. The van der Waals surface area contributed by atoms with Gasteiger partial charge >= 0.3 is 0 Å². The molecule has 0 atom stereocenters. The number of benzene rings is 3. The molecule has 0 aliphatic carbocycles. The molecule has 0 aliphatic heterocycles. The van der Waals surface area contributed by atoms with E-state index in [0.29, 0.717) is 0 Å². The number of hydrogen-bond donors (Lipinski definition) is 1. The van der Waals surface area contributed by atoms with E-state index in [4.69, 9.17) is 0 Å². The van der Waals surface area contributed by atoms with Crippen LogP contribution in [0.15, 0.2) is 88.9 Å². The van der Waals surface area contributed by atoms with Gasteiger partial charge in [0, 0.05) is 23.9 Å². The van der Waals surface area contributed by atoms with Gasteiger partial charge in [0.15, 0.2) is 6.20 Å². The molecule has 4 aromatic rings. The Balaban J connectivity index is 0.000000222. The normalized spacial score (nSPS) is 11.4. The first-order valence-electron chi connectivity index (χ1n) is 9.89. The predicted octanol–water partition coefficient (Wildman–Crippen LogP) is 4.33. The van der Waals surface area contributed by atoms with Crippen LogP contribution in [-0.2, 0) is 17.2 Å². The van der Waals surface area contributed by atoms with Crippen molar-refractivity contribution in [3.8, 4) is 5.75 Å². The molecular formula is C25H24N2O4S. The Kier molecular flexibility index (Phi) is 7.02. The highest BCUT2D eigenvalue weighted by Crippen LogP contribution is 2.23. The first-order valence-corrected chi connectivity index (χ1v) is 11.3. The smallest absolute Gasteiger partial charge is 0.212 e. The Hall–Kier alpha value is -3.55. The standard InChI is InChI=1S/C18H16N2O.C7H8O3S/c1-13-11-15(21)7-8-17(13)19-12-14-9-10-20(2)18-6-4-3-5-16(14)18;1-6-2-4-7(5-3-6)11(8,9)10/h3-12H,1-2H3;2-5H,1H3,(H,8,9,10). The summed E-state index contributed by atoms with van der Waals surface area (Å²) in [5.74, 6) is 0.267. The number of pyridine rings is 1. The highest BCUT2D eigenvalue weighted by atomic mass is 32.2. The van der Waals surface area contributed by atoms with Crippen molar-refractivity contribution in [2.75, 3.05) is 0 Å². The van der Waals surface area contributed by atoms with Gasteiger partial charge in [0.25, 0.3) is 0 Å². The van der Waals surface area contributed by atoms with E-state index < -0.39 is 10.1 Å².